The normalized spacial score (nSPS) is 15.2. The van der Waals surface area contributed by atoms with E-state index in [1.807, 2.05) is 24.0 Å². The molecule has 140 valence electrons. The summed E-state index contributed by atoms with van der Waals surface area (Å²) in [7, 11) is -3.61. The number of aryl methyl sites for hydroxylation is 1. The maximum absolute atomic E-state index is 12.4. The number of aromatic nitrogens is 1. The van der Waals surface area contributed by atoms with E-state index in [4.69, 9.17) is 0 Å². The summed E-state index contributed by atoms with van der Waals surface area (Å²) >= 11 is 1.27. The highest BCUT2D eigenvalue weighted by Crippen LogP contribution is 2.24. The monoisotopic (exact) mass is 394 g/mol. The molecule has 1 saturated heterocycles. The number of pyridine rings is 1. The van der Waals surface area contributed by atoms with Crippen LogP contribution in [-0.4, -0.2) is 50.4 Å². The number of nitrogens with zero attached hydrogens (tertiary/aromatic N) is 3. The third kappa shape index (κ3) is 4.16. The summed E-state index contributed by atoms with van der Waals surface area (Å²) < 4.78 is 27.7. The maximum Gasteiger partial charge on any atom is 0.272 e. The van der Waals surface area contributed by atoms with Crippen molar-refractivity contribution in [3.63, 3.8) is 0 Å². The second-order valence-electron chi connectivity index (χ2n) is 6.07. The van der Waals surface area contributed by atoms with Gasteiger partial charge in [0, 0.05) is 38.0 Å². The molecule has 1 aliphatic rings. The van der Waals surface area contributed by atoms with E-state index in [0.29, 0.717) is 23.1 Å². The highest BCUT2D eigenvalue weighted by molar-refractivity contribution is 7.94. The third-order valence-electron chi connectivity index (χ3n) is 4.33. The van der Waals surface area contributed by atoms with Crippen molar-refractivity contribution in [1.29, 1.82) is 0 Å². The molecule has 1 aliphatic heterocycles. The number of carbonyl (C=O) groups excluding carboxylic acids is 1. The Hall–Kier alpha value is -2.13. The molecule has 0 atom stereocenters. The zero-order valence-corrected chi connectivity index (χ0v) is 16.4. The molecule has 7 nitrogen and oxygen atoms in total. The molecule has 0 radical (unpaired) electrons. The van der Waals surface area contributed by atoms with Crippen LogP contribution in [0.2, 0.25) is 0 Å². The van der Waals surface area contributed by atoms with E-state index in [-0.39, 0.29) is 5.91 Å². The first-order valence-electron chi connectivity index (χ1n) is 8.47. The lowest BCUT2D eigenvalue weighted by atomic mass is 10.2. The van der Waals surface area contributed by atoms with E-state index in [2.05, 4.69) is 14.6 Å². The van der Waals surface area contributed by atoms with Crippen LogP contribution in [0.1, 0.15) is 18.7 Å². The van der Waals surface area contributed by atoms with Crippen LogP contribution in [0.15, 0.2) is 34.7 Å². The third-order valence-corrected chi connectivity index (χ3v) is 7.40. The van der Waals surface area contributed by atoms with Crippen LogP contribution in [-0.2, 0) is 21.2 Å². The van der Waals surface area contributed by atoms with Gasteiger partial charge < -0.3 is 9.80 Å². The number of piperazine rings is 1. The molecular formula is C17H22N4O3S2. The fourth-order valence-electron chi connectivity index (χ4n) is 2.79. The summed E-state index contributed by atoms with van der Waals surface area (Å²) in [6.07, 6.45) is 2.47. The number of hydrogen-bond donors (Lipinski definition) is 1. The molecule has 1 N–H and O–H groups in total. The second kappa shape index (κ2) is 7.63. The summed E-state index contributed by atoms with van der Waals surface area (Å²) in [4.78, 5) is 20.6. The van der Waals surface area contributed by atoms with Gasteiger partial charge in [-0.2, -0.15) is 0 Å². The predicted molar refractivity (Wildman–Crippen MR) is 103 cm³/mol. The summed E-state index contributed by atoms with van der Waals surface area (Å²) in [5.74, 6) is 0.384. The number of sulfonamides is 1. The van der Waals surface area contributed by atoms with Crippen molar-refractivity contribution >= 4 is 38.8 Å². The number of hydrogen-bond acceptors (Lipinski definition) is 6. The minimum Gasteiger partial charge on any atom is -0.367 e. The number of amides is 1. The highest BCUT2D eigenvalue weighted by atomic mass is 32.2. The van der Waals surface area contributed by atoms with Gasteiger partial charge >= 0.3 is 0 Å². The van der Waals surface area contributed by atoms with Crippen LogP contribution in [0.4, 0.5) is 11.5 Å². The Morgan fingerprint density at radius 3 is 2.46 bits per heavy atom. The van der Waals surface area contributed by atoms with Crippen molar-refractivity contribution in [2.45, 2.75) is 24.5 Å². The number of rotatable bonds is 5. The van der Waals surface area contributed by atoms with Crippen molar-refractivity contribution in [2.75, 3.05) is 35.8 Å². The van der Waals surface area contributed by atoms with Gasteiger partial charge in [0.1, 0.15) is 10.0 Å². The van der Waals surface area contributed by atoms with Crippen LogP contribution in [0.3, 0.4) is 0 Å². The van der Waals surface area contributed by atoms with Gasteiger partial charge in [0.15, 0.2) is 0 Å². The zero-order valence-electron chi connectivity index (χ0n) is 14.8. The number of nitrogens with one attached hydrogen (secondary N) is 1. The first-order chi connectivity index (χ1) is 12.4. The first kappa shape index (κ1) is 18.7. The van der Waals surface area contributed by atoms with Crippen molar-refractivity contribution in [1.82, 2.24) is 9.88 Å². The summed E-state index contributed by atoms with van der Waals surface area (Å²) in [5, 5.41) is 0. The number of anilines is 2. The molecule has 0 saturated carbocycles. The van der Waals surface area contributed by atoms with E-state index >= 15 is 0 Å². The lowest BCUT2D eigenvalue weighted by molar-refractivity contribution is -0.129. The number of thiophene rings is 1. The van der Waals surface area contributed by atoms with Crippen LogP contribution >= 0.6 is 11.3 Å². The molecule has 2 aromatic rings. The summed E-state index contributed by atoms with van der Waals surface area (Å²) in [5.41, 5.74) is 0.917. The SMILES string of the molecule is CCc1ccc(S(=O)(=O)Nc2ccc(N3CCN(C(C)=O)CC3)cn2)s1. The van der Waals surface area contributed by atoms with Crippen molar-refractivity contribution in [2.24, 2.45) is 0 Å². The smallest absolute Gasteiger partial charge is 0.272 e. The highest BCUT2D eigenvalue weighted by Gasteiger charge is 2.20. The largest absolute Gasteiger partial charge is 0.367 e. The zero-order chi connectivity index (χ0) is 18.7. The van der Waals surface area contributed by atoms with Crippen molar-refractivity contribution in [3.05, 3.63) is 35.3 Å². The summed E-state index contributed by atoms with van der Waals surface area (Å²) in [6.45, 7) is 6.41. The lowest BCUT2D eigenvalue weighted by Gasteiger charge is -2.35. The molecule has 0 aromatic carbocycles. The lowest BCUT2D eigenvalue weighted by Crippen LogP contribution is -2.48. The minimum atomic E-state index is -3.61. The Kier molecular flexibility index (Phi) is 5.47. The second-order valence-corrected chi connectivity index (χ2v) is 9.15. The Bertz CT molecular complexity index is 870. The fourth-order valence-corrected chi connectivity index (χ4v) is 5.10. The van der Waals surface area contributed by atoms with Gasteiger partial charge in [0.25, 0.3) is 10.0 Å². The van der Waals surface area contributed by atoms with Gasteiger partial charge in [-0.05, 0) is 30.7 Å². The minimum absolute atomic E-state index is 0.0901. The molecule has 26 heavy (non-hydrogen) atoms. The van der Waals surface area contributed by atoms with Gasteiger partial charge in [-0.15, -0.1) is 11.3 Å². The molecule has 3 rings (SSSR count). The van der Waals surface area contributed by atoms with Crippen LogP contribution < -0.4 is 9.62 Å². The van der Waals surface area contributed by atoms with Crippen molar-refractivity contribution < 1.29 is 13.2 Å². The van der Waals surface area contributed by atoms with Gasteiger partial charge in [-0.25, -0.2) is 13.4 Å². The molecule has 9 heteroatoms. The Labute approximate surface area is 157 Å². The molecule has 0 unspecified atom stereocenters. The molecule has 1 fully saturated rings. The van der Waals surface area contributed by atoms with Crippen LogP contribution in [0.25, 0.3) is 0 Å². The van der Waals surface area contributed by atoms with Crippen molar-refractivity contribution in [3.8, 4) is 0 Å². The molecule has 1 amide bonds. The average Bonchev–Trinajstić information content (AvgIpc) is 3.12. The molecule has 3 heterocycles. The van der Waals surface area contributed by atoms with Crippen LogP contribution in [0.5, 0.6) is 0 Å². The first-order valence-corrected chi connectivity index (χ1v) is 10.8. The fraction of sp³-hybridized carbons (Fsp3) is 0.412. The molecule has 2 aromatic heterocycles. The Morgan fingerprint density at radius 2 is 1.92 bits per heavy atom. The van der Waals surface area contributed by atoms with E-state index in [9.17, 15) is 13.2 Å². The van der Waals surface area contributed by atoms with Gasteiger partial charge in [0.2, 0.25) is 5.91 Å². The summed E-state index contributed by atoms with van der Waals surface area (Å²) in [6, 6.07) is 6.96. The topological polar surface area (TPSA) is 82.6 Å². The van der Waals surface area contributed by atoms with E-state index in [1.165, 1.54) is 11.3 Å². The standard InChI is InChI=1S/C17H22N4O3S2/c1-3-15-5-7-17(25-15)26(23,24)19-16-6-4-14(12-18-16)21-10-8-20(9-11-21)13(2)22/h4-7,12H,3,8-11H2,1-2H3,(H,18,19). The molecule has 0 aliphatic carbocycles. The van der Waals surface area contributed by atoms with Gasteiger partial charge in [0.05, 0.1) is 11.9 Å². The van der Waals surface area contributed by atoms with E-state index < -0.39 is 10.0 Å². The Balaban J connectivity index is 1.65. The number of carbonyl (C=O) groups is 1. The molecule has 0 spiro atoms. The average molecular weight is 395 g/mol. The van der Waals surface area contributed by atoms with Gasteiger partial charge in [-0.3, -0.25) is 9.52 Å². The Morgan fingerprint density at radius 1 is 1.19 bits per heavy atom. The molecular weight excluding hydrogens is 372 g/mol. The van der Waals surface area contributed by atoms with E-state index in [0.717, 1.165) is 30.1 Å². The predicted octanol–water partition coefficient (Wildman–Crippen LogP) is 2.17. The maximum atomic E-state index is 12.4. The van der Waals surface area contributed by atoms with Gasteiger partial charge in [-0.1, -0.05) is 6.92 Å². The quantitative estimate of drug-likeness (QED) is 0.840. The van der Waals surface area contributed by atoms with E-state index in [1.54, 1.807) is 25.3 Å². The molecule has 0 bridgehead atoms. The van der Waals surface area contributed by atoms with Crippen LogP contribution in [0, 0.1) is 0 Å².